The molecule has 21 heavy (non-hydrogen) atoms. The summed E-state index contributed by atoms with van der Waals surface area (Å²) in [7, 11) is 2.98. The van der Waals surface area contributed by atoms with E-state index < -0.39 is 10.9 Å². The van der Waals surface area contributed by atoms with Crippen molar-refractivity contribution in [2.45, 2.75) is 0 Å². The minimum absolute atomic E-state index is 0.0151. The zero-order valence-corrected chi connectivity index (χ0v) is 11.9. The van der Waals surface area contributed by atoms with Crippen molar-refractivity contribution in [3.05, 3.63) is 33.9 Å². The molecule has 0 unspecified atom stereocenters. The first-order chi connectivity index (χ1) is 10.1. The van der Waals surface area contributed by atoms with E-state index in [1.807, 2.05) is 0 Å². The van der Waals surface area contributed by atoms with Gasteiger partial charge in [-0.3, -0.25) is 10.1 Å². The van der Waals surface area contributed by atoms with Gasteiger partial charge in [0.2, 0.25) is 0 Å². The van der Waals surface area contributed by atoms with E-state index in [1.54, 1.807) is 0 Å². The lowest BCUT2D eigenvalue weighted by molar-refractivity contribution is -0.385. The van der Waals surface area contributed by atoms with E-state index in [1.165, 1.54) is 32.4 Å². The van der Waals surface area contributed by atoms with Crippen LogP contribution in [0, 0.1) is 10.1 Å². The first-order valence-corrected chi connectivity index (χ1v) is 6.16. The van der Waals surface area contributed by atoms with Crippen LogP contribution in [-0.4, -0.2) is 51.5 Å². The molecule has 8 heteroatoms. The van der Waals surface area contributed by atoms with Crippen LogP contribution in [0.1, 0.15) is 10.4 Å². The van der Waals surface area contributed by atoms with Crippen molar-refractivity contribution in [3.63, 3.8) is 0 Å². The maximum atomic E-state index is 11.9. The minimum atomic E-state index is -0.795. The second kappa shape index (κ2) is 8.88. The van der Waals surface area contributed by atoms with Crippen LogP contribution in [0.3, 0.4) is 0 Å². The molecule has 0 aromatic heterocycles. The SMILES string of the molecule is COCCOC(=O)c1cc(OCCOC)ccc1[N+](=O)[O-]. The Hall–Kier alpha value is -2.19. The molecule has 0 radical (unpaired) electrons. The Bertz CT molecular complexity index is 489. The van der Waals surface area contributed by atoms with E-state index in [-0.39, 0.29) is 31.1 Å². The number of hydrogen-bond acceptors (Lipinski definition) is 7. The van der Waals surface area contributed by atoms with Crippen LogP contribution in [-0.2, 0) is 14.2 Å². The Labute approximate surface area is 121 Å². The molecule has 0 spiro atoms. The summed E-state index contributed by atoms with van der Waals surface area (Å²) in [5.74, 6) is -0.465. The Morgan fingerprint density at radius 2 is 1.81 bits per heavy atom. The van der Waals surface area contributed by atoms with Crippen LogP contribution in [0.4, 0.5) is 5.69 Å². The number of esters is 1. The van der Waals surface area contributed by atoms with Gasteiger partial charge in [0, 0.05) is 26.4 Å². The van der Waals surface area contributed by atoms with Crippen molar-refractivity contribution in [3.8, 4) is 5.75 Å². The Kier molecular flexibility index (Phi) is 7.13. The normalized spacial score (nSPS) is 10.2. The molecule has 0 saturated carbocycles. The molecule has 0 heterocycles. The molecule has 0 atom stereocenters. The highest BCUT2D eigenvalue weighted by Gasteiger charge is 2.22. The lowest BCUT2D eigenvalue weighted by Crippen LogP contribution is -2.12. The summed E-state index contributed by atoms with van der Waals surface area (Å²) in [5.41, 5.74) is -0.498. The van der Waals surface area contributed by atoms with Crippen molar-refractivity contribution in [1.29, 1.82) is 0 Å². The summed E-state index contributed by atoms with van der Waals surface area (Å²) in [6, 6.07) is 3.90. The van der Waals surface area contributed by atoms with E-state index >= 15 is 0 Å². The fraction of sp³-hybridized carbons (Fsp3) is 0.462. The van der Waals surface area contributed by atoms with Crippen LogP contribution in [0.25, 0.3) is 0 Å². The highest BCUT2D eigenvalue weighted by atomic mass is 16.6. The molecule has 0 fully saturated rings. The van der Waals surface area contributed by atoms with Gasteiger partial charge < -0.3 is 18.9 Å². The first kappa shape index (κ1) is 16.9. The molecular weight excluding hydrogens is 282 g/mol. The maximum absolute atomic E-state index is 11.9. The lowest BCUT2D eigenvalue weighted by atomic mass is 10.1. The molecule has 1 aromatic carbocycles. The highest BCUT2D eigenvalue weighted by Crippen LogP contribution is 2.25. The van der Waals surface area contributed by atoms with E-state index in [4.69, 9.17) is 18.9 Å². The summed E-state index contributed by atoms with van der Waals surface area (Å²) in [4.78, 5) is 22.2. The van der Waals surface area contributed by atoms with E-state index in [0.717, 1.165) is 0 Å². The second-order valence-corrected chi connectivity index (χ2v) is 3.91. The number of nitro groups is 1. The van der Waals surface area contributed by atoms with Gasteiger partial charge in [0.1, 0.15) is 24.5 Å². The third-order valence-corrected chi connectivity index (χ3v) is 2.46. The van der Waals surface area contributed by atoms with E-state index in [0.29, 0.717) is 12.4 Å². The summed E-state index contributed by atoms with van der Waals surface area (Å²) < 4.78 is 19.8. The number of ether oxygens (including phenoxy) is 4. The van der Waals surface area contributed by atoms with Gasteiger partial charge in [0.15, 0.2) is 0 Å². The summed E-state index contributed by atoms with van der Waals surface area (Å²) in [6.45, 7) is 0.863. The molecule has 116 valence electrons. The molecular formula is C13H17NO7. The van der Waals surface area contributed by atoms with Crippen LogP contribution < -0.4 is 4.74 Å². The standard InChI is InChI=1S/C13H17NO7/c1-18-5-7-20-10-3-4-12(14(16)17)11(9-10)13(15)21-8-6-19-2/h3-4,9H,5-8H2,1-2H3. The van der Waals surface area contributed by atoms with Gasteiger partial charge in [0.25, 0.3) is 5.69 Å². The molecule has 0 aliphatic heterocycles. The van der Waals surface area contributed by atoms with E-state index in [9.17, 15) is 14.9 Å². The number of carbonyl (C=O) groups is 1. The van der Waals surface area contributed by atoms with Crippen LogP contribution in [0.15, 0.2) is 18.2 Å². The molecule has 1 rings (SSSR count). The number of rotatable bonds is 9. The van der Waals surface area contributed by atoms with Gasteiger partial charge in [-0.05, 0) is 6.07 Å². The van der Waals surface area contributed by atoms with Gasteiger partial charge in [-0.15, -0.1) is 0 Å². The smallest absolute Gasteiger partial charge is 0.345 e. The summed E-state index contributed by atoms with van der Waals surface area (Å²) >= 11 is 0. The second-order valence-electron chi connectivity index (χ2n) is 3.91. The third kappa shape index (κ3) is 5.36. The monoisotopic (exact) mass is 299 g/mol. The Morgan fingerprint density at radius 3 is 2.43 bits per heavy atom. The molecule has 0 bridgehead atoms. The molecule has 0 aliphatic rings. The predicted molar refractivity (Wildman–Crippen MR) is 72.6 cm³/mol. The summed E-state index contributed by atoms with van der Waals surface area (Å²) in [6.07, 6.45) is 0. The quantitative estimate of drug-likeness (QED) is 0.294. The van der Waals surface area contributed by atoms with Crippen molar-refractivity contribution < 1.29 is 28.7 Å². The predicted octanol–water partition coefficient (Wildman–Crippen LogP) is 1.42. The lowest BCUT2D eigenvalue weighted by Gasteiger charge is -2.08. The van der Waals surface area contributed by atoms with Gasteiger partial charge in [-0.25, -0.2) is 4.79 Å². The Morgan fingerprint density at radius 1 is 1.14 bits per heavy atom. The van der Waals surface area contributed by atoms with Crippen molar-refractivity contribution in [2.75, 3.05) is 40.6 Å². The van der Waals surface area contributed by atoms with Crippen LogP contribution >= 0.6 is 0 Å². The van der Waals surface area contributed by atoms with Crippen LogP contribution in [0.5, 0.6) is 5.75 Å². The maximum Gasteiger partial charge on any atom is 0.345 e. The minimum Gasteiger partial charge on any atom is -0.491 e. The molecule has 0 N–H and O–H groups in total. The van der Waals surface area contributed by atoms with Gasteiger partial charge in [-0.2, -0.15) is 0 Å². The number of methoxy groups -OCH3 is 2. The zero-order chi connectivity index (χ0) is 15.7. The fourth-order valence-corrected chi connectivity index (χ4v) is 1.47. The number of hydrogen-bond donors (Lipinski definition) is 0. The number of nitro benzene ring substituents is 1. The number of carbonyl (C=O) groups excluding carboxylic acids is 1. The number of benzene rings is 1. The van der Waals surface area contributed by atoms with Crippen molar-refractivity contribution in [2.24, 2.45) is 0 Å². The Balaban J connectivity index is 2.87. The highest BCUT2D eigenvalue weighted by molar-refractivity contribution is 5.94. The molecule has 0 amide bonds. The van der Waals surface area contributed by atoms with Gasteiger partial charge >= 0.3 is 5.97 Å². The molecule has 8 nitrogen and oxygen atoms in total. The molecule has 0 saturated heterocycles. The van der Waals surface area contributed by atoms with Gasteiger partial charge in [0.05, 0.1) is 18.1 Å². The van der Waals surface area contributed by atoms with Crippen molar-refractivity contribution in [1.82, 2.24) is 0 Å². The van der Waals surface area contributed by atoms with Gasteiger partial charge in [-0.1, -0.05) is 0 Å². The summed E-state index contributed by atoms with van der Waals surface area (Å²) in [5, 5.41) is 10.9. The largest absolute Gasteiger partial charge is 0.491 e. The molecule has 1 aromatic rings. The molecule has 0 aliphatic carbocycles. The third-order valence-electron chi connectivity index (χ3n) is 2.46. The zero-order valence-electron chi connectivity index (χ0n) is 11.9. The topological polar surface area (TPSA) is 97.1 Å². The first-order valence-electron chi connectivity index (χ1n) is 6.16. The van der Waals surface area contributed by atoms with E-state index in [2.05, 4.69) is 0 Å². The van der Waals surface area contributed by atoms with Crippen LogP contribution in [0.2, 0.25) is 0 Å². The fourth-order valence-electron chi connectivity index (χ4n) is 1.47. The number of nitrogens with zero attached hydrogens (tertiary/aromatic N) is 1. The average Bonchev–Trinajstić information content (AvgIpc) is 2.47. The average molecular weight is 299 g/mol. The van der Waals surface area contributed by atoms with Crippen molar-refractivity contribution >= 4 is 11.7 Å².